The first kappa shape index (κ1) is 13.9. The van der Waals surface area contributed by atoms with Crippen LogP contribution in [0.1, 0.15) is 25.3 Å². The molecule has 2 aromatic rings. The summed E-state index contributed by atoms with van der Waals surface area (Å²) in [7, 11) is 0. The minimum Gasteiger partial charge on any atom is -0.333 e. The zero-order chi connectivity index (χ0) is 14.7. The van der Waals surface area contributed by atoms with E-state index in [0.717, 1.165) is 19.3 Å². The lowest BCUT2D eigenvalue weighted by Crippen LogP contribution is -2.40. The molecular weight excluding hydrogens is 290 g/mol. The molecule has 1 aliphatic rings. The molecule has 2 heterocycles. The highest BCUT2D eigenvalue weighted by Crippen LogP contribution is 2.30. The van der Waals surface area contributed by atoms with Crippen LogP contribution in [0.3, 0.4) is 0 Å². The third kappa shape index (κ3) is 3.16. The van der Waals surface area contributed by atoms with Crippen LogP contribution in [0.25, 0.3) is 0 Å². The molecule has 2 aromatic heterocycles. The molecule has 110 valence electrons. The molecular formula is C14H16ClN5O. The number of carbonyl (C=O) groups excluding carboxylic acids is 1. The first-order valence-corrected chi connectivity index (χ1v) is 7.27. The lowest BCUT2D eigenvalue weighted by atomic mass is 10.2. The number of imidazole rings is 1. The summed E-state index contributed by atoms with van der Waals surface area (Å²) >= 11 is 5.93. The molecule has 1 aliphatic carbocycles. The standard InChI is InChI=1S/C14H16ClN5O/c15-13-11(4-2-6-17-13)19-14(21)18-10-3-1-5-12(10)20-8-7-16-9-20/h2,4,6-10,12H,1,3,5H2,(H2,18,19,21)/t10-,12-/m1/s1. The third-order valence-electron chi connectivity index (χ3n) is 3.71. The van der Waals surface area contributed by atoms with Crippen molar-refractivity contribution in [3.05, 3.63) is 42.2 Å². The fraction of sp³-hybridized carbons (Fsp3) is 0.357. The number of hydrogen-bond donors (Lipinski definition) is 2. The van der Waals surface area contributed by atoms with Gasteiger partial charge in [-0.15, -0.1) is 0 Å². The topological polar surface area (TPSA) is 71.8 Å². The summed E-state index contributed by atoms with van der Waals surface area (Å²) in [4.78, 5) is 20.1. The molecule has 0 radical (unpaired) electrons. The van der Waals surface area contributed by atoms with E-state index in [9.17, 15) is 4.79 Å². The van der Waals surface area contributed by atoms with Crippen LogP contribution in [0, 0.1) is 0 Å². The molecule has 3 rings (SSSR count). The minimum absolute atomic E-state index is 0.0923. The molecule has 2 atom stereocenters. The van der Waals surface area contributed by atoms with Crippen molar-refractivity contribution in [1.29, 1.82) is 0 Å². The quantitative estimate of drug-likeness (QED) is 0.857. The van der Waals surface area contributed by atoms with Gasteiger partial charge in [0.2, 0.25) is 0 Å². The van der Waals surface area contributed by atoms with Crippen LogP contribution in [0.15, 0.2) is 37.1 Å². The summed E-state index contributed by atoms with van der Waals surface area (Å²) in [5.74, 6) is 0. The Morgan fingerprint density at radius 1 is 1.38 bits per heavy atom. The molecule has 21 heavy (non-hydrogen) atoms. The smallest absolute Gasteiger partial charge is 0.319 e. The normalized spacial score (nSPS) is 21.2. The molecule has 0 saturated heterocycles. The van der Waals surface area contributed by atoms with E-state index in [2.05, 4.69) is 25.2 Å². The molecule has 0 aromatic carbocycles. The number of carbonyl (C=O) groups is 1. The zero-order valence-electron chi connectivity index (χ0n) is 11.4. The van der Waals surface area contributed by atoms with Crippen LogP contribution >= 0.6 is 11.6 Å². The van der Waals surface area contributed by atoms with E-state index in [1.165, 1.54) is 0 Å². The van der Waals surface area contributed by atoms with Gasteiger partial charge in [-0.25, -0.2) is 14.8 Å². The second kappa shape index (κ2) is 6.13. The number of nitrogens with one attached hydrogen (secondary N) is 2. The summed E-state index contributed by atoms with van der Waals surface area (Å²) < 4.78 is 2.05. The Balaban J connectivity index is 1.63. The Labute approximate surface area is 127 Å². The maximum absolute atomic E-state index is 12.1. The number of nitrogens with zero attached hydrogens (tertiary/aromatic N) is 3. The van der Waals surface area contributed by atoms with Crippen LogP contribution < -0.4 is 10.6 Å². The number of amides is 2. The van der Waals surface area contributed by atoms with Gasteiger partial charge in [-0.2, -0.15) is 0 Å². The van der Waals surface area contributed by atoms with Gasteiger partial charge >= 0.3 is 6.03 Å². The summed E-state index contributed by atoms with van der Waals surface area (Å²) in [6.45, 7) is 0. The molecule has 1 saturated carbocycles. The molecule has 0 unspecified atom stereocenters. The van der Waals surface area contributed by atoms with Crippen LogP contribution in [0.4, 0.5) is 10.5 Å². The molecule has 2 N–H and O–H groups in total. The van der Waals surface area contributed by atoms with Crippen molar-refractivity contribution in [2.45, 2.75) is 31.3 Å². The number of hydrogen-bond acceptors (Lipinski definition) is 3. The van der Waals surface area contributed by atoms with E-state index >= 15 is 0 Å². The molecule has 1 fully saturated rings. The minimum atomic E-state index is -0.262. The average molecular weight is 306 g/mol. The fourth-order valence-corrected chi connectivity index (χ4v) is 2.90. The van der Waals surface area contributed by atoms with E-state index in [1.807, 2.05) is 6.20 Å². The highest BCUT2D eigenvalue weighted by Gasteiger charge is 2.29. The van der Waals surface area contributed by atoms with E-state index in [4.69, 9.17) is 11.6 Å². The summed E-state index contributed by atoms with van der Waals surface area (Å²) in [6.07, 6.45) is 10.1. The second-order valence-electron chi connectivity index (χ2n) is 5.05. The van der Waals surface area contributed by atoms with Gasteiger partial charge in [0, 0.05) is 18.6 Å². The molecule has 0 spiro atoms. The Hall–Kier alpha value is -2.08. The van der Waals surface area contributed by atoms with Crippen molar-refractivity contribution in [1.82, 2.24) is 19.9 Å². The molecule has 2 amide bonds. The van der Waals surface area contributed by atoms with Gasteiger partial charge in [0.15, 0.2) is 5.15 Å². The van der Waals surface area contributed by atoms with Gasteiger partial charge in [0.25, 0.3) is 0 Å². The Morgan fingerprint density at radius 2 is 2.29 bits per heavy atom. The first-order valence-electron chi connectivity index (χ1n) is 6.89. The molecule has 0 aliphatic heterocycles. The van der Waals surface area contributed by atoms with Gasteiger partial charge < -0.3 is 15.2 Å². The van der Waals surface area contributed by atoms with Crippen molar-refractivity contribution in [3.8, 4) is 0 Å². The maximum atomic E-state index is 12.1. The number of urea groups is 1. The second-order valence-corrected chi connectivity index (χ2v) is 5.41. The van der Waals surface area contributed by atoms with Crippen molar-refractivity contribution in [2.24, 2.45) is 0 Å². The van der Waals surface area contributed by atoms with Crippen LogP contribution in [0.2, 0.25) is 5.15 Å². The number of rotatable bonds is 3. The highest BCUT2D eigenvalue weighted by molar-refractivity contribution is 6.32. The summed E-state index contributed by atoms with van der Waals surface area (Å²) in [5, 5.41) is 6.02. The number of pyridine rings is 1. The van der Waals surface area contributed by atoms with E-state index < -0.39 is 0 Å². The van der Waals surface area contributed by atoms with Gasteiger partial charge in [0.05, 0.1) is 24.1 Å². The Kier molecular flexibility index (Phi) is 4.06. The highest BCUT2D eigenvalue weighted by atomic mass is 35.5. The lowest BCUT2D eigenvalue weighted by Gasteiger charge is -2.22. The SMILES string of the molecule is O=C(Nc1cccnc1Cl)N[C@@H]1CCC[C@H]1n1ccnc1. The van der Waals surface area contributed by atoms with Crippen molar-refractivity contribution >= 4 is 23.3 Å². The van der Waals surface area contributed by atoms with E-state index in [0.29, 0.717) is 5.69 Å². The zero-order valence-corrected chi connectivity index (χ0v) is 12.1. The van der Waals surface area contributed by atoms with Crippen LogP contribution in [-0.4, -0.2) is 26.6 Å². The summed E-state index contributed by atoms with van der Waals surface area (Å²) in [6, 6.07) is 3.53. The monoisotopic (exact) mass is 305 g/mol. The molecule has 7 heteroatoms. The summed E-state index contributed by atoms with van der Waals surface area (Å²) in [5.41, 5.74) is 0.508. The predicted molar refractivity (Wildman–Crippen MR) is 80.3 cm³/mol. The fourth-order valence-electron chi connectivity index (χ4n) is 2.74. The Morgan fingerprint density at radius 3 is 3.05 bits per heavy atom. The van der Waals surface area contributed by atoms with Crippen LogP contribution in [-0.2, 0) is 0 Å². The van der Waals surface area contributed by atoms with Crippen molar-refractivity contribution in [2.75, 3.05) is 5.32 Å². The predicted octanol–water partition coefficient (Wildman–Crippen LogP) is 2.85. The van der Waals surface area contributed by atoms with E-state index in [-0.39, 0.29) is 23.3 Å². The van der Waals surface area contributed by atoms with Crippen LogP contribution in [0.5, 0.6) is 0 Å². The lowest BCUT2D eigenvalue weighted by molar-refractivity contribution is 0.245. The first-order chi connectivity index (χ1) is 10.2. The average Bonchev–Trinajstić information content (AvgIpc) is 3.11. The Bertz CT molecular complexity index is 616. The third-order valence-corrected chi connectivity index (χ3v) is 4.01. The largest absolute Gasteiger partial charge is 0.333 e. The van der Waals surface area contributed by atoms with Gasteiger partial charge in [-0.05, 0) is 31.4 Å². The van der Waals surface area contributed by atoms with E-state index in [1.54, 1.807) is 30.9 Å². The van der Waals surface area contributed by atoms with Crippen molar-refractivity contribution < 1.29 is 4.79 Å². The molecule has 0 bridgehead atoms. The molecule has 6 nitrogen and oxygen atoms in total. The van der Waals surface area contributed by atoms with Gasteiger partial charge in [0.1, 0.15) is 0 Å². The maximum Gasteiger partial charge on any atom is 0.319 e. The van der Waals surface area contributed by atoms with Gasteiger partial charge in [-0.3, -0.25) is 0 Å². The number of halogens is 1. The number of aromatic nitrogens is 3. The van der Waals surface area contributed by atoms with Gasteiger partial charge in [-0.1, -0.05) is 11.6 Å². The van der Waals surface area contributed by atoms with Crippen molar-refractivity contribution in [3.63, 3.8) is 0 Å². The number of anilines is 1.